The number of ether oxygens (including phenoxy) is 13. The lowest BCUT2D eigenvalue weighted by atomic mass is 9.80. The van der Waals surface area contributed by atoms with Crippen LogP contribution in [0.15, 0.2) is 91.0 Å². The summed E-state index contributed by atoms with van der Waals surface area (Å²) in [6.45, 7) is 13.6. The van der Waals surface area contributed by atoms with Gasteiger partial charge in [-0.3, -0.25) is 0 Å². The molecule has 0 aromatic heterocycles. The second-order valence-corrected chi connectivity index (χ2v) is 13.1. The molecule has 0 radical (unpaired) electrons. The monoisotopic (exact) mass is 845 g/mol. The van der Waals surface area contributed by atoms with E-state index in [4.69, 9.17) is 61.6 Å². The average molecular weight is 846 g/mol. The van der Waals surface area contributed by atoms with Crippen molar-refractivity contribution in [3.63, 3.8) is 0 Å². The Balaban J connectivity index is 1.01. The molecule has 0 fully saturated rings. The number of hydrogen-bond donors (Lipinski definition) is 1. The Kier molecular flexibility index (Phi) is 32.4. The molecule has 0 atom stereocenters. The van der Waals surface area contributed by atoms with Crippen LogP contribution in [0.1, 0.15) is 16.7 Å². The van der Waals surface area contributed by atoms with E-state index in [1.165, 1.54) is 0 Å². The number of hydrogen-bond acceptors (Lipinski definition) is 14. The van der Waals surface area contributed by atoms with E-state index in [0.29, 0.717) is 165 Å². The molecule has 0 saturated carbocycles. The summed E-state index contributed by atoms with van der Waals surface area (Å²) < 4.78 is 73.3. The van der Waals surface area contributed by atoms with Crippen molar-refractivity contribution >= 4 is 0 Å². The van der Waals surface area contributed by atoms with Gasteiger partial charge in [0.15, 0.2) is 0 Å². The molecule has 0 aliphatic heterocycles. The van der Waals surface area contributed by atoms with Gasteiger partial charge in [0.05, 0.1) is 165 Å². The van der Waals surface area contributed by atoms with Crippen LogP contribution < -0.4 is 5.32 Å². The van der Waals surface area contributed by atoms with Gasteiger partial charge in [0, 0.05) is 6.54 Å². The molecule has 3 rings (SSSR count). The average Bonchev–Trinajstić information content (AvgIpc) is 3.29. The van der Waals surface area contributed by atoms with Crippen molar-refractivity contribution in [1.29, 1.82) is 0 Å². The minimum absolute atomic E-state index is 0.414. The van der Waals surface area contributed by atoms with Crippen LogP contribution in [0.5, 0.6) is 0 Å². The van der Waals surface area contributed by atoms with Crippen molar-refractivity contribution in [1.82, 2.24) is 5.32 Å². The Hall–Kier alpha value is -2.90. The van der Waals surface area contributed by atoms with Crippen LogP contribution in [0.4, 0.5) is 0 Å². The van der Waals surface area contributed by atoms with Crippen molar-refractivity contribution in [2.45, 2.75) is 5.60 Å². The lowest BCUT2D eigenvalue weighted by molar-refractivity contribution is -0.0399. The topological polar surface area (TPSA) is 132 Å². The van der Waals surface area contributed by atoms with Gasteiger partial charge in [-0.1, -0.05) is 91.0 Å². The Bertz CT molecular complexity index is 1230. The Morgan fingerprint density at radius 3 is 0.700 bits per heavy atom. The third-order valence-corrected chi connectivity index (χ3v) is 8.68. The summed E-state index contributed by atoms with van der Waals surface area (Å²) in [4.78, 5) is 0. The van der Waals surface area contributed by atoms with Gasteiger partial charge in [0.25, 0.3) is 0 Å². The fraction of sp³-hybridized carbons (Fsp3) is 0.609. The first kappa shape index (κ1) is 51.5. The van der Waals surface area contributed by atoms with Crippen LogP contribution in [-0.2, 0) is 67.2 Å². The van der Waals surface area contributed by atoms with E-state index in [2.05, 4.69) is 41.7 Å². The van der Waals surface area contributed by atoms with Gasteiger partial charge in [-0.2, -0.15) is 0 Å². The molecule has 0 saturated heterocycles. The molecule has 0 spiro atoms. The zero-order valence-electron chi connectivity index (χ0n) is 35.9. The second-order valence-electron chi connectivity index (χ2n) is 13.1. The SMILES string of the molecule is CNCCOCCOCCOCCOCCOCCOCCOCCOCCOCCOCCOCCOCCOC(c1ccccc1)(c1ccccc1)c1ccccc1. The lowest BCUT2D eigenvalue weighted by Crippen LogP contribution is -2.34. The maximum atomic E-state index is 6.74. The summed E-state index contributed by atoms with van der Waals surface area (Å²) in [5, 5.41) is 3.02. The molecule has 3 aromatic rings. The quantitative estimate of drug-likeness (QED) is 0.0638. The Labute approximate surface area is 358 Å². The van der Waals surface area contributed by atoms with E-state index in [0.717, 1.165) is 23.2 Å². The molecule has 0 heterocycles. The summed E-state index contributed by atoms with van der Waals surface area (Å²) in [5.74, 6) is 0. The smallest absolute Gasteiger partial charge is 0.143 e. The van der Waals surface area contributed by atoms with Gasteiger partial charge in [0.2, 0.25) is 0 Å². The van der Waals surface area contributed by atoms with Crippen LogP contribution in [0, 0.1) is 0 Å². The van der Waals surface area contributed by atoms with Crippen molar-refractivity contribution < 1.29 is 61.6 Å². The van der Waals surface area contributed by atoms with Crippen molar-refractivity contribution in [3.05, 3.63) is 108 Å². The molecule has 3 aromatic carbocycles. The second kappa shape index (κ2) is 37.8. The zero-order valence-corrected chi connectivity index (χ0v) is 35.9. The molecule has 1 N–H and O–H groups in total. The molecule has 338 valence electrons. The Morgan fingerprint density at radius 1 is 0.283 bits per heavy atom. The highest BCUT2D eigenvalue weighted by Gasteiger charge is 2.37. The summed E-state index contributed by atoms with van der Waals surface area (Å²) >= 11 is 0. The van der Waals surface area contributed by atoms with E-state index in [9.17, 15) is 0 Å². The first-order valence-corrected chi connectivity index (χ1v) is 21.3. The summed E-state index contributed by atoms with van der Waals surface area (Å²) in [6.07, 6.45) is 0. The fourth-order valence-electron chi connectivity index (χ4n) is 5.72. The van der Waals surface area contributed by atoms with Crippen molar-refractivity contribution in [3.8, 4) is 0 Å². The summed E-state index contributed by atoms with van der Waals surface area (Å²) in [5.41, 5.74) is 2.44. The van der Waals surface area contributed by atoms with E-state index in [1.807, 2.05) is 61.6 Å². The number of likely N-dealkylation sites (N-methyl/N-ethyl adjacent to an activating group) is 1. The first-order valence-electron chi connectivity index (χ1n) is 21.3. The van der Waals surface area contributed by atoms with Crippen LogP contribution in [0.3, 0.4) is 0 Å². The molecule has 0 amide bonds. The molecular weight excluding hydrogens is 774 g/mol. The van der Waals surface area contributed by atoms with Crippen molar-refractivity contribution in [2.75, 3.05) is 179 Å². The van der Waals surface area contributed by atoms with E-state index >= 15 is 0 Å². The largest absolute Gasteiger partial charge is 0.378 e. The van der Waals surface area contributed by atoms with Gasteiger partial charge in [-0.05, 0) is 23.7 Å². The zero-order chi connectivity index (χ0) is 42.1. The van der Waals surface area contributed by atoms with Crippen LogP contribution >= 0.6 is 0 Å². The molecule has 14 nitrogen and oxygen atoms in total. The predicted molar refractivity (Wildman–Crippen MR) is 229 cm³/mol. The molecule has 0 unspecified atom stereocenters. The minimum atomic E-state index is -0.754. The molecule has 14 heteroatoms. The van der Waals surface area contributed by atoms with Gasteiger partial charge in [-0.15, -0.1) is 0 Å². The highest BCUT2D eigenvalue weighted by atomic mass is 16.6. The summed E-state index contributed by atoms with van der Waals surface area (Å²) in [7, 11) is 1.90. The highest BCUT2D eigenvalue weighted by Crippen LogP contribution is 2.40. The molecule has 0 bridgehead atoms. The van der Waals surface area contributed by atoms with Gasteiger partial charge in [0.1, 0.15) is 5.60 Å². The normalized spacial score (nSPS) is 11.8. The van der Waals surface area contributed by atoms with Crippen LogP contribution in [-0.4, -0.2) is 179 Å². The standard InChI is InChI=1S/C46H71NO13/c1-47-17-18-48-19-20-49-21-22-50-23-24-51-25-26-52-27-28-53-29-30-54-31-32-55-33-34-56-35-36-57-37-38-58-39-40-59-41-42-60-46(43-11-5-2-6-12-43,44-13-7-3-8-14-44)45-15-9-4-10-16-45/h2-16,47H,17-42H2,1H3. The third kappa shape index (κ3) is 24.5. The molecular formula is C46H71NO13. The van der Waals surface area contributed by atoms with E-state index in [-0.39, 0.29) is 0 Å². The fourth-order valence-corrected chi connectivity index (χ4v) is 5.72. The van der Waals surface area contributed by atoms with Crippen LogP contribution in [0.25, 0.3) is 0 Å². The van der Waals surface area contributed by atoms with Crippen LogP contribution in [0.2, 0.25) is 0 Å². The maximum absolute atomic E-state index is 6.74. The lowest BCUT2D eigenvalue weighted by Gasteiger charge is -2.36. The highest BCUT2D eigenvalue weighted by molar-refractivity contribution is 5.47. The predicted octanol–water partition coefficient (Wildman–Crippen LogP) is 4.41. The Morgan fingerprint density at radius 2 is 0.483 bits per heavy atom. The third-order valence-electron chi connectivity index (χ3n) is 8.68. The van der Waals surface area contributed by atoms with E-state index in [1.54, 1.807) is 0 Å². The summed E-state index contributed by atoms with van der Waals surface area (Å²) in [6, 6.07) is 31.0. The molecule has 60 heavy (non-hydrogen) atoms. The number of nitrogens with one attached hydrogen (secondary N) is 1. The first-order chi connectivity index (χ1) is 29.9. The van der Waals surface area contributed by atoms with Gasteiger partial charge >= 0.3 is 0 Å². The van der Waals surface area contributed by atoms with E-state index < -0.39 is 5.60 Å². The molecule has 0 aliphatic carbocycles. The van der Waals surface area contributed by atoms with Gasteiger partial charge < -0.3 is 66.9 Å². The van der Waals surface area contributed by atoms with Crippen molar-refractivity contribution in [2.24, 2.45) is 0 Å². The molecule has 0 aliphatic rings. The van der Waals surface area contributed by atoms with Gasteiger partial charge in [-0.25, -0.2) is 0 Å². The number of benzene rings is 3. The number of rotatable bonds is 43. The maximum Gasteiger partial charge on any atom is 0.143 e. The minimum Gasteiger partial charge on any atom is -0.378 e.